The normalized spacial score (nSPS) is 10.2. The second-order valence-corrected chi connectivity index (χ2v) is 4.35. The van der Waals surface area contributed by atoms with E-state index in [1.54, 1.807) is 36.4 Å². The summed E-state index contributed by atoms with van der Waals surface area (Å²) < 4.78 is 5.48. The Hall–Kier alpha value is -2.07. The maximum absolute atomic E-state index is 11.1. The lowest BCUT2D eigenvalue weighted by atomic mass is 10.1. The summed E-state index contributed by atoms with van der Waals surface area (Å²) in [6, 6.07) is 12.4. The van der Waals surface area contributed by atoms with E-state index in [2.05, 4.69) is 4.98 Å². The van der Waals surface area contributed by atoms with Crippen LogP contribution in [0.25, 0.3) is 0 Å². The van der Waals surface area contributed by atoms with Gasteiger partial charge >= 0.3 is 0 Å². The van der Waals surface area contributed by atoms with Crippen molar-refractivity contribution >= 4 is 17.5 Å². The number of carbonyl (C=O) groups is 1. The Morgan fingerprint density at radius 3 is 2.79 bits per heavy atom. The molecule has 0 saturated heterocycles. The molecule has 5 heteroatoms. The summed E-state index contributed by atoms with van der Waals surface area (Å²) in [5, 5.41) is 0.397. The molecule has 0 bridgehead atoms. The number of halogens is 1. The van der Waals surface area contributed by atoms with Crippen LogP contribution in [0, 0.1) is 0 Å². The van der Waals surface area contributed by atoms with Crippen LogP contribution in [-0.4, -0.2) is 17.5 Å². The van der Waals surface area contributed by atoms with E-state index >= 15 is 0 Å². The molecule has 1 heterocycles. The monoisotopic (exact) mass is 276 g/mol. The van der Waals surface area contributed by atoms with Gasteiger partial charge in [-0.1, -0.05) is 29.8 Å². The van der Waals surface area contributed by atoms with Crippen LogP contribution in [0.15, 0.2) is 42.5 Å². The lowest BCUT2D eigenvalue weighted by Gasteiger charge is -2.06. The van der Waals surface area contributed by atoms with Gasteiger partial charge in [0.05, 0.1) is 6.61 Å². The van der Waals surface area contributed by atoms with Gasteiger partial charge in [0.2, 0.25) is 11.8 Å². The Morgan fingerprint density at radius 1 is 1.26 bits per heavy atom. The van der Waals surface area contributed by atoms with E-state index in [-0.39, 0.29) is 0 Å². The molecule has 1 aromatic carbocycles. The first-order valence-corrected chi connectivity index (χ1v) is 6.17. The van der Waals surface area contributed by atoms with Crippen molar-refractivity contribution in [1.29, 1.82) is 0 Å². The highest BCUT2D eigenvalue weighted by Gasteiger charge is 2.02. The summed E-state index contributed by atoms with van der Waals surface area (Å²) in [6.07, 6.45) is 0.662. The standard InChI is InChI=1S/C14H13ClN2O2/c15-12-5-2-6-13(17-12)19-8-7-10-3-1-4-11(9-10)14(16)18/h1-6,9H,7-8H2,(H2,16,18). The quantitative estimate of drug-likeness (QED) is 0.853. The van der Waals surface area contributed by atoms with Crippen molar-refractivity contribution in [1.82, 2.24) is 4.98 Å². The van der Waals surface area contributed by atoms with Crippen molar-refractivity contribution in [2.24, 2.45) is 5.73 Å². The summed E-state index contributed by atoms with van der Waals surface area (Å²) in [4.78, 5) is 15.1. The van der Waals surface area contributed by atoms with E-state index in [1.807, 2.05) is 6.07 Å². The highest BCUT2D eigenvalue weighted by Crippen LogP contribution is 2.12. The van der Waals surface area contributed by atoms with Crippen LogP contribution in [0.4, 0.5) is 0 Å². The minimum atomic E-state index is -0.431. The number of pyridine rings is 1. The summed E-state index contributed by atoms with van der Waals surface area (Å²) in [5.41, 5.74) is 6.71. The van der Waals surface area contributed by atoms with Gasteiger partial charge < -0.3 is 10.5 Å². The maximum atomic E-state index is 11.1. The van der Waals surface area contributed by atoms with Gasteiger partial charge in [0.25, 0.3) is 0 Å². The van der Waals surface area contributed by atoms with E-state index < -0.39 is 5.91 Å². The zero-order valence-electron chi connectivity index (χ0n) is 10.2. The summed E-state index contributed by atoms with van der Waals surface area (Å²) in [5.74, 6) is 0.0535. The highest BCUT2D eigenvalue weighted by molar-refractivity contribution is 6.29. The molecular formula is C14H13ClN2O2. The van der Waals surface area contributed by atoms with Gasteiger partial charge in [-0.2, -0.15) is 0 Å². The molecule has 0 fully saturated rings. The molecule has 1 amide bonds. The average Bonchev–Trinajstić information content (AvgIpc) is 2.39. The number of primary amides is 1. The molecule has 98 valence electrons. The Labute approximate surface area is 116 Å². The molecule has 0 unspecified atom stereocenters. The number of carbonyl (C=O) groups excluding carboxylic acids is 1. The number of benzene rings is 1. The van der Waals surface area contributed by atoms with E-state index in [0.717, 1.165) is 5.56 Å². The summed E-state index contributed by atoms with van der Waals surface area (Å²) in [6.45, 7) is 0.454. The zero-order chi connectivity index (χ0) is 13.7. The molecule has 0 aliphatic heterocycles. The van der Waals surface area contributed by atoms with Gasteiger partial charge in [0.15, 0.2) is 0 Å². The minimum Gasteiger partial charge on any atom is -0.477 e. The topological polar surface area (TPSA) is 65.2 Å². The van der Waals surface area contributed by atoms with Crippen LogP contribution in [-0.2, 0) is 6.42 Å². The van der Waals surface area contributed by atoms with Gasteiger partial charge in [-0.05, 0) is 23.8 Å². The third kappa shape index (κ3) is 3.96. The molecule has 0 radical (unpaired) electrons. The summed E-state index contributed by atoms with van der Waals surface area (Å²) in [7, 11) is 0. The highest BCUT2D eigenvalue weighted by atomic mass is 35.5. The zero-order valence-corrected chi connectivity index (χ0v) is 10.9. The van der Waals surface area contributed by atoms with Crippen LogP contribution in [0.2, 0.25) is 5.15 Å². The third-order valence-corrected chi connectivity index (χ3v) is 2.75. The van der Waals surface area contributed by atoms with Crippen molar-refractivity contribution < 1.29 is 9.53 Å². The fraction of sp³-hybridized carbons (Fsp3) is 0.143. The van der Waals surface area contributed by atoms with Crippen molar-refractivity contribution in [3.63, 3.8) is 0 Å². The molecular weight excluding hydrogens is 264 g/mol. The number of rotatable bonds is 5. The van der Waals surface area contributed by atoms with Gasteiger partial charge in [-0.15, -0.1) is 0 Å². The molecule has 1 aromatic heterocycles. The SMILES string of the molecule is NC(=O)c1cccc(CCOc2cccc(Cl)n2)c1. The molecule has 2 N–H and O–H groups in total. The Bertz CT molecular complexity index is 587. The largest absolute Gasteiger partial charge is 0.477 e. The van der Waals surface area contributed by atoms with Gasteiger partial charge in [0, 0.05) is 18.1 Å². The molecule has 0 spiro atoms. The van der Waals surface area contributed by atoms with E-state index in [0.29, 0.717) is 29.6 Å². The minimum absolute atomic E-state index is 0.397. The molecule has 19 heavy (non-hydrogen) atoms. The van der Waals surface area contributed by atoms with E-state index in [4.69, 9.17) is 22.1 Å². The third-order valence-electron chi connectivity index (χ3n) is 2.54. The lowest BCUT2D eigenvalue weighted by Crippen LogP contribution is -2.11. The van der Waals surface area contributed by atoms with Crippen molar-refractivity contribution in [3.8, 4) is 5.88 Å². The predicted molar refractivity (Wildman–Crippen MR) is 73.4 cm³/mol. The molecule has 2 aromatic rings. The van der Waals surface area contributed by atoms with Crippen molar-refractivity contribution in [3.05, 3.63) is 58.7 Å². The molecule has 2 rings (SSSR count). The number of amides is 1. The second-order valence-electron chi connectivity index (χ2n) is 3.96. The van der Waals surface area contributed by atoms with Crippen molar-refractivity contribution in [2.75, 3.05) is 6.61 Å². The van der Waals surface area contributed by atoms with Crippen molar-refractivity contribution in [2.45, 2.75) is 6.42 Å². The fourth-order valence-corrected chi connectivity index (χ4v) is 1.78. The predicted octanol–water partition coefficient (Wildman–Crippen LogP) is 2.46. The average molecular weight is 277 g/mol. The number of aromatic nitrogens is 1. The van der Waals surface area contributed by atoms with Crippen LogP contribution < -0.4 is 10.5 Å². The Kier molecular flexibility index (Phi) is 4.36. The van der Waals surface area contributed by atoms with Crippen LogP contribution in [0.5, 0.6) is 5.88 Å². The molecule has 4 nitrogen and oxygen atoms in total. The van der Waals surface area contributed by atoms with Crippen LogP contribution in [0.3, 0.4) is 0 Å². The molecule has 0 atom stereocenters. The van der Waals surface area contributed by atoms with Gasteiger partial charge in [0.1, 0.15) is 5.15 Å². The Balaban J connectivity index is 1.92. The molecule has 0 saturated carbocycles. The first-order valence-electron chi connectivity index (χ1n) is 5.79. The van der Waals surface area contributed by atoms with E-state index in [1.165, 1.54) is 0 Å². The number of ether oxygens (including phenoxy) is 1. The number of nitrogens with zero attached hydrogens (tertiary/aromatic N) is 1. The fourth-order valence-electron chi connectivity index (χ4n) is 1.62. The molecule has 0 aliphatic carbocycles. The maximum Gasteiger partial charge on any atom is 0.248 e. The smallest absolute Gasteiger partial charge is 0.248 e. The number of hydrogen-bond acceptors (Lipinski definition) is 3. The van der Waals surface area contributed by atoms with Gasteiger partial charge in [-0.25, -0.2) is 4.98 Å². The molecule has 0 aliphatic rings. The lowest BCUT2D eigenvalue weighted by molar-refractivity contribution is 0.1000. The van der Waals surface area contributed by atoms with Crippen LogP contribution in [0.1, 0.15) is 15.9 Å². The second kappa shape index (κ2) is 6.20. The van der Waals surface area contributed by atoms with E-state index in [9.17, 15) is 4.79 Å². The summed E-state index contributed by atoms with van der Waals surface area (Å²) >= 11 is 5.75. The Morgan fingerprint density at radius 2 is 2.05 bits per heavy atom. The number of hydrogen-bond donors (Lipinski definition) is 1. The van der Waals surface area contributed by atoms with Crippen LogP contribution >= 0.6 is 11.6 Å². The number of nitrogens with two attached hydrogens (primary N) is 1. The first kappa shape index (κ1) is 13.4. The van der Waals surface area contributed by atoms with Gasteiger partial charge in [-0.3, -0.25) is 4.79 Å². The first-order chi connectivity index (χ1) is 9.15.